The van der Waals surface area contributed by atoms with E-state index in [0.29, 0.717) is 18.4 Å². The molecule has 25 heavy (non-hydrogen) atoms. The van der Waals surface area contributed by atoms with Crippen LogP contribution in [-0.4, -0.2) is 32.3 Å². The molecular weight excluding hydrogens is 314 g/mol. The Balaban J connectivity index is 1.42. The Bertz CT molecular complexity index is 840. The molecule has 3 fully saturated rings. The lowest BCUT2D eigenvalue weighted by Crippen LogP contribution is -2.38. The molecule has 0 radical (unpaired) electrons. The van der Waals surface area contributed by atoms with E-state index in [1.54, 1.807) is 23.1 Å². The molecule has 2 aromatic rings. The second-order valence-electron chi connectivity index (χ2n) is 7.58. The molecule has 2 saturated carbocycles. The van der Waals surface area contributed by atoms with Gasteiger partial charge in [-0.2, -0.15) is 5.10 Å². The zero-order valence-corrected chi connectivity index (χ0v) is 14.3. The summed E-state index contributed by atoms with van der Waals surface area (Å²) in [6, 6.07) is 3.85. The van der Waals surface area contributed by atoms with Gasteiger partial charge in [-0.1, -0.05) is 0 Å². The molecule has 5 rings (SSSR count). The van der Waals surface area contributed by atoms with Gasteiger partial charge in [0.25, 0.3) is 5.56 Å². The molecule has 1 unspecified atom stereocenters. The van der Waals surface area contributed by atoms with Crippen LogP contribution in [0.15, 0.2) is 29.3 Å². The molecular formula is C19H23N5O. The van der Waals surface area contributed by atoms with Gasteiger partial charge >= 0.3 is 0 Å². The van der Waals surface area contributed by atoms with Gasteiger partial charge in [-0.05, 0) is 44.6 Å². The Morgan fingerprint density at radius 3 is 2.60 bits per heavy atom. The molecule has 1 aliphatic heterocycles. The van der Waals surface area contributed by atoms with Gasteiger partial charge in [-0.3, -0.25) is 9.78 Å². The van der Waals surface area contributed by atoms with Crippen molar-refractivity contribution < 1.29 is 0 Å². The van der Waals surface area contributed by atoms with Gasteiger partial charge < -0.3 is 4.90 Å². The molecule has 0 N–H and O–H groups in total. The second kappa shape index (κ2) is 5.93. The predicted octanol–water partition coefficient (Wildman–Crippen LogP) is 2.46. The minimum absolute atomic E-state index is 0.00203. The fraction of sp³-hybridized carbons (Fsp3) is 0.579. The Morgan fingerprint density at radius 1 is 1.00 bits per heavy atom. The van der Waals surface area contributed by atoms with Crippen LogP contribution in [0, 0.1) is 0 Å². The van der Waals surface area contributed by atoms with Crippen LogP contribution in [0.4, 0.5) is 5.82 Å². The first-order valence-corrected chi connectivity index (χ1v) is 9.45. The normalized spacial score (nSPS) is 23.2. The Hall–Kier alpha value is -2.24. The molecule has 6 nitrogen and oxygen atoms in total. The maximum atomic E-state index is 12.3. The van der Waals surface area contributed by atoms with Crippen molar-refractivity contribution in [3.05, 3.63) is 46.3 Å². The van der Waals surface area contributed by atoms with Gasteiger partial charge in [-0.25, -0.2) is 9.67 Å². The highest BCUT2D eigenvalue weighted by molar-refractivity contribution is 5.48. The summed E-state index contributed by atoms with van der Waals surface area (Å²) >= 11 is 0. The predicted molar refractivity (Wildman–Crippen MR) is 94.8 cm³/mol. The average Bonchev–Trinajstić information content (AvgIpc) is 3.55. The standard InChI is InChI=1S/C19H23N5O/c25-17-8-7-16(13-3-4-13)22-24(17)12-15-2-1-11-23(15)19-18(14-5-6-14)20-9-10-21-19/h7-10,13-15H,1-6,11-12H2. The van der Waals surface area contributed by atoms with E-state index in [-0.39, 0.29) is 11.6 Å². The highest BCUT2D eigenvalue weighted by Crippen LogP contribution is 2.43. The van der Waals surface area contributed by atoms with Crippen LogP contribution >= 0.6 is 0 Å². The minimum atomic E-state index is -0.00203. The number of hydrogen-bond acceptors (Lipinski definition) is 5. The molecule has 130 valence electrons. The molecule has 2 aromatic heterocycles. The summed E-state index contributed by atoms with van der Waals surface area (Å²) < 4.78 is 1.67. The van der Waals surface area contributed by atoms with E-state index in [1.165, 1.54) is 25.7 Å². The quantitative estimate of drug-likeness (QED) is 0.838. The molecule has 0 aromatic carbocycles. The van der Waals surface area contributed by atoms with Gasteiger partial charge in [0.15, 0.2) is 5.82 Å². The van der Waals surface area contributed by atoms with Gasteiger partial charge in [0.2, 0.25) is 0 Å². The van der Waals surface area contributed by atoms with Crippen molar-refractivity contribution in [1.82, 2.24) is 19.7 Å². The molecule has 1 saturated heterocycles. The molecule has 6 heteroatoms. The number of anilines is 1. The molecule has 0 spiro atoms. The van der Waals surface area contributed by atoms with E-state index in [1.807, 2.05) is 6.07 Å². The number of nitrogens with zero attached hydrogens (tertiary/aromatic N) is 5. The number of hydrogen-bond donors (Lipinski definition) is 0. The topological polar surface area (TPSA) is 63.9 Å². The Labute approximate surface area is 146 Å². The second-order valence-corrected chi connectivity index (χ2v) is 7.58. The number of rotatable bonds is 5. The molecule has 1 atom stereocenters. The van der Waals surface area contributed by atoms with Crippen LogP contribution in [0.3, 0.4) is 0 Å². The van der Waals surface area contributed by atoms with Gasteiger partial charge in [0.1, 0.15) is 0 Å². The Kier molecular flexibility index (Phi) is 3.57. The molecule has 0 bridgehead atoms. The van der Waals surface area contributed by atoms with Crippen LogP contribution in [0.2, 0.25) is 0 Å². The first kappa shape index (κ1) is 15.0. The maximum Gasteiger partial charge on any atom is 0.266 e. The van der Waals surface area contributed by atoms with Crippen LogP contribution in [0.25, 0.3) is 0 Å². The summed E-state index contributed by atoms with van der Waals surface area (Å²) in [6.07, 6.45) is 10.6. The van der Waals surface area contributed by atoms with Crippen molar-refractivity contribution in [3.8, 4) is 0 Å². The van der Waals surface area contributed by atoms with Crippen LogP contribution in [0.1, 0.15) is 61.7 Å². The third-order valence-electron chi connectivity index (χ3n) is 5.59. The monoisotopic (exact) mass is 337 g/mol. The van der Waals surface area contributed by atoms with Crippen LogP contribution in [0.5, 0.6) is 0 Å². The van der Waals surface area contributed by atoms with E-state index in [2.05, 4.69) is 20.0 Å². The van der Waals surface area contributed by atoms with E-state index >= 15 is 0 Å². The SMILES string of the molecule is O=c1ccc(C2CC2)nn1CC1CCCN1c1nccnc1C1CC1. The summed E-state index contributed by atoms with van der Waals surface area (Å²) in [5.41, 5.74) is 2.21. The van der Waals surface area contributed by atoms with E-state index < -0.39 is 0 Å². The van der Waals surface area contributed by atoms with E-state index in [4.69, 9.17) is 0 Å². The molecule has 3 heterocycles. The fourth-order valence-electron chi connectivity index (χ4n) is 3.90. The van der Waals surface area contributed by atoms with E-state index in [0.717, 1.165) is 36.6 Å². The van der Waals surface area contributed by atoms with Crippen LogP contribution in [-0.2, 0) is 6.54 Å². The van der Waals surface area contributed by atoms with E-state index in [9.17, 15) is 4.79 Å². The average molecular weight is 337 g/mol. The van der Waals surface area contributed by atoms with Gasteiger partial charge in [-0.15, -0.1) is 0 Å². The largest absolute Gasteiger partial charge is 0.350 e. The number of aromatic nitrogens is 4. The van der Waals surface area contributed by atoms with Gasteiger partial charge in [0.05, 0.1) is 24.0 Å². The third kappa shape index (κ3) is 2.94. The molecule has 0 amide bonds. The lowest BCUT2D eigenvalue weighted by atomic mass is 10.2. The van der Waals surface area contributed by atoms with Crippen molar-refractivity contribution in [2.75, 3.05) is 11.4 Å². The van der Waals surface area contributed by atoms with Crippen molar-refractivity contribution in [2.24, 2.45) is 0 Å². The zero-order valence-electron chi connectivity index (χ0n) is 14.3. The smallest absolute Gasteiger partial charge is 0.266 e. The summed E-state index contributed by atoms with van der Waals surface area (Å²) in [4.78, 5) is 23.9. The van der Waals surface area contributed by atoms with Crippen LogP contribution < -0.4 is 10.5 Å². The van der Waals surface area contributed by atoms with Crippen molar-refractivity contribution in [1.29, 1.82) is 0 Å². The fourth-order valence-corrected chi connectivity index (χ4v) is 3.90. The van der Waals surface area contributed by atoms with Crippen molar-refractivity contribution in [3.63, 3.8) is 0 Å². The highest BCUT2D eigenvalue weighted by atomic mass is 16.1. The first-order valence-electron chi connectivity index (χ1n) is 9.45. The summed E-state index contributed by atoms with van der Waals surface area (Å²) in [5.74, 6) is 2.16. The van der Waals surface area contributed by atoms with Gasteiger partial charge in [0, 0.05) is 36.8 Å². The Morgan fingerprint density at radius 2 is 1.80 bits per heavy atom. The molecule has 2 aliphatic carbocycles. The minimum Gasteiger partial charge on any atom is -0.350 e. The summed E-state index contributed by atoms with van der Waals surface area (Å²) in [7, 11) is 0. The molecule has 3 aliphatic rings. The summed E-state index contributed by atoms with van der Waals surface area (Å²) in [5, 5.41) is 4.64. The third-order valence-corrected chi connectivity index (χ3v) is 5.59. The first-order chi connectivity index (χ1) is 12.3. The lowest BCUT2D eigenvalue weighted by Gasteiger charge is -2.27. The maximum absolute atomic E-state index is 12.3. The lowest BCUT2D eigenvalue weighted by molar-refractivity contribution is 0.480. The highest BCUT2D eigenvalue weighted by Gasteiger charge is 2.34. The summed E-state index contributed by atoms with van der Waals surface area (Å²) in [6.45, 7) is 1.63. The zero-order chi connectivity index (χ0) is 16.8. The van der Waals surface area contributed by atoms with Crippen molar-refractivity contribution >= 4 is 5.82 Å². The van der Waals surface area contributed by atoms with Crippen molar-refractivity contribution in [2.45, 2.75) is 62.9 Å².